The molecule has 21 heavy (non-hydrogen) atoms. The molecule has 0 spiro atoms. The number of Topliss-reactive ketones (excluding diaryl/α,β-unsaturated/α-hetero) is 1. The molecular formula is C15H18O6. The molecule has 0 saturated heterocycles. The summed E-state index contributed by atoms with van der Waals surface area (Å²) in [7, 11) is 1.43. The number of carbonyl (C=O) groups is 2. The van der Waals surface area contributed by atoms with Crippen LogP contribution in [0.5, 0.6) is 17.2 Å². The van der Waals surface area contributed by atoms with Gasteiger partial charge in [0.05, 0.1) is 7.11 Å². The number of hydrogen-bond acceptors (Lipinski definition) is 6. The second-order valence-electron chi connectivity index (χ2n) is 4.88. The molecule has 1 N–H and O–H groups in total. The lowest BCUT2D eigenvalue weighted by Gasteiger charge is -2.27. The largest absolute Gasteiger partial charge is 0.496 e. The van der Waals surface area contributed by atoms with Crippen LogP contribution in [0.15, 0.2) is 6.07 Å². The highest BCUT2D eigenvalue weighted by Crippen LogP contribution is 2.43. The molecule has 0 bridgehead atoms. The van der Waals surface area contributed by atoms with Crippen LogP contribution in [0.2, 0.25) is 0 Å². The Kier molecular flexibility index (Phi) is 4.47. The van der Waals surface area contributed by atoms with Crippen molar-refractivity contribution in [1.82, 2.24) is 0 Å². The fraction of sp³-hybridized carbons (Fsp3) is 0.467. The topological polar surface area (TPSA) is 82.1 Å². The third-order valence-electron chi connectivity index (χ3n) is 3.21. The summed E-state index contributed by atoms with van der Waals surface area (Å²) in [6.45, 7) is 2.91. The zero-order valence-corrected chi connectivity index (χ0v) is 12.3. The Bertz CT molecular complexity index is 578. The summed E-state index contributed by atoms with van der Waals surface area (Å²) in [6, 6.07) is 1.49. The molecule has 1 aromatic rings. The molecule has 0 aromatic heterocycles. The Hall–Kier alpha value is -2.08. The molecule has 1 unspecified atom stereocenters. The molecule has 0 amide bonds. The van der Waals surface area contributed by atoms with E-state index in [2.05, 4.69) is 0 Å². The van der Waals surface area contributed by atoms with Crippen molar-refractivity contribution in [3.8, 4) is 17.2 Å². The van der Waals surface area contributed by atoms with E-state index < -0.39 is 5.97 Å². The molecular weight excluding hydrogens is 276 g/mol. The summed E-state index contributed by atoms with van der Waals surface area (Å²) in [5.41, 5.74) is 0.846. The lowest BCUT2D eigenvalue weighted by molar-refractivity contribution is -0.131. The third kappa shape index (κ3) is 3.00. The van der Waals surface area contributed by atoms with Crippen LogP contribution in [0.25, 0.3) is 0 Å². The van der Waals surface area contributed by atoms with Crippen LogP contribution in [-0.2, 0) is 11.2 Å². The van der Waals surface area contributed by atoms with Gasteiger partial charge in [0.2, 0.25) is 0 Å². The number of hydrogen-bond donors (Lipinski definition) is 1. The van der Waals surface area contributed by atoms with Crippen molar-refractivity contribution in [2.75, 3.05) is 13.7 Å². The number of esters is 1. The van der Waals surface area contributed by atoms with E-state index in [1.165, 1.54) is 20.1 Å². The average molecular weight is 294 g/mol. The number of benzene rings is 1. The molecule has 0 aliphatic carbocycles. The molecule has 1 aromatic carbocycles. The molecule has 2 rings (SSSR count). The van der Waals surface area contributed by atoms with Crippen molar-refractivity contribution in [3.05, 3.63) is 17.2 Å². The summed E-state index contributed by atoms with van der Waals surface area (Å²) in [4.78, 5) is 23.5. The predicted octanol–water partition coefficient (Wildman–Crippen LogP) is 1.51. The van der Waals surface area contributed by atoms with Gasteiger partial charge in [-0.2, -0.15) is 0 Å². The van der Waals surface area contributed by atoms with E-state index >= 15 is 0 Å². The molecule has 0 radical (unpaired) electrons. The van der Waals surface area contributed by atoms with Gasteiger partial charge in [-0.25, -0.2) is 0 Å². The summed E-state index contributed by atoms with van der Waals surface area (Å²) in [5, 5.41) is 9.23. The predicted molar refractivity (Wildman–Crippen MR) is 74.1 cm³/mol. The lowest BCUT2D eigenvalue weighted by Crippen LogP contribution is -2.26. The highest BCUT2D eigenvalue weighted by Gasteiger charge is 2.32. The normalized spacial score (nSPS) is 17.0. The van der Waals surface area contributed by atoms with Crippen molar-refractivity contribution in [3.63, 3.8) is 0 Å². The Balaban J connectivity index is 2.66. The number of aliphatic hydroxyl groups is 1. The number of fused-ring (bicyclic) bond motifs is 1. The number of ketones is 1. The zero-order valence-electron chi connectivity index (χ0n) is 12.3. The maximum atomic E-state index is 12.2. The SMILES string of the molecule is COc1cc(OC(C)=O)c(CCO)c2c1C(=O)CC(C)O2. The van der Waals surface area contributed by atoms with E-state index in [1.807, 2.05) is 0 Å². The Morgan fingerprint density at radius 1 is 1.48 bits per heavy atom. The first-order valence-electron chi connectivity index (χ1n) is 6.70. The van der Waals surface area contributed by atoms with Gasteiger partial charge in [-0.15, -0.1) is 0 Å². The van der Waals surface area contributed by atoms with Gasteiger partial charge in [0.1, 0.15) is 28.9 Å². The van der Waals surface area contributed by atoms with Crippen LogP contribution >= 0.6 is 0 Å². The highest BCUT2D eigenvalue weighted by molar-refractivity contribution is 6.03. The second-order valence-corrected chi connectivity index (χ2v) is 4.88. The molecule has 114 valence electrons. The average Bonchev–Trinajstić information content (AvgIpc) is 2.40. The number of methoxy groups -OCH3 is 1. The highest BCUT2D eigenvalue weighted by atomic mass is 16.5. The summed E-state index contributed by atoms with van der Waals surface area (Å²) in [5.74, 6) is 0.304. The van der Waals surface area contributed by atoms with Crippen molar-refractivity contribution in [2.24, 2.45) is 0 Å². The van der Waals surface area contributed by atoms with Gasteiger partial charge in [-0.1, -0.05) is 0 Å². The molecule has 1 atom stereocenters. The molecule has 0 saturated carbocycles. The van der Waals surface area contributed by atoms with E-state index in [0.717, 1.165) is 0 Å². The molecule has 6 nitrogen and oxygen atoms in total. The minimum Gasteiger partial charge on any atom is -0.496 e. The Labute approximate surface area is 122 Å². The number of aliphatic hydroxyl groups excluding tert-OH is 1. The van der Waals surface area contributed by atoms with E-state index in [1.54, 1.807) is 6.92 Å². The summed E-state index contributed by atoms with van der Waals surface area (Å²) < 4.78 is 16.1. The lowest BCUT2D eigenvalue weighted by atomic mass is 9.95. The first-order chi connectivity index (χ1) is 9.97. The van der Waals surface area contributed by atoms with Crippen LogP contribution in [0.3, 0.4) is 0 Å². The van der Waals surface area contributed by atoms with Crippen molar-refractivity contribution in [1.29, 1.82) is 0 Å². The van der Waals surface area contributed by atoms with Crippen molar-refractivity contribution >= 4 is 11.8 Å². The summed E-state index contributed by atoms with van der Waals surface area (Å²) >= 11 is 0. The number of carbonyl (C=O) groups excluding carboxylic acids is 2. The Morgan fingerprint density at radius 2 is 2.19 bits per heavy atom. The van der Waals surface area contributed by atoms with Crippen LogP contribution in [0.1, 0.15) is 36.2 Å². The molecule has 1 aliphatic heterocycles. The monoisotopic (exact) mass is 294 g/mol. The summed E-state index contributed by atoms with van der Waals surface area (Å²) in [6.07, 6.45) is 0.198. The van der Waals surface area contributed by atoms with Crippen LogP contribution in [0.4, 0.5) is 0 Å². The maximum absolute atomic E-state index is 12.2. The van der Waals surface area contributed by atoms with E-state index in [0.29, 0.717) is 22.6 Å². The first kappa shape index (κ1) is 15.3. The van der Waals surface area contributed by atoms with Gasteiger partial charge >= 0.3 is 5.97 Å². The standard InChI is InChI=1S/C15H18O6/c1-8-6-11(18)14-13(19-3)7-12(21-9(2)17)10(4-5-16)15(14)20-8/h7-8,16H,4-6H2,1-3H3. The van der Waals surface area contributed by atoms with E-state index in [4.69, 9.17) is 14.2 Å². The molecule has 0 fully saturated rings. The minimum absolute atomic E-state index is 0.0887. The van der Waals surface area contributed by atoms with Crippen molar-refractivity contribution < 1.29 is 28.9 Å². The minimum atomic E-state index is -0.494. The number of ether oxygens (including phenoxy) is 3. The van der Waals surface area contributed by atoms with Crippen molar-refractivity contribution in [2.45, 2.75) is 32.8 Å². The molecule has 6 heteroatoms. The van der Waals surface area contributed by atoms with Gasteiger partial charge < -0.3 is 19.3 Å². The zero-order chi connectivity index (χ0) is 15.6. The second kappa shape index (κ2) is 6.13. The van der Waals surface area contributed by atoms with Crippen LogP contribution in [-0.4, -0.2) is 36.7 Å². The fourth-order valence-electron chi connectivity index (χ4n) is 2.41. The maximum Gasteiger partial charge on any atom is 0.308 e. The third-order valence-corrected chi connectivity index (χ3v) is 3.21. The molecule has 1 heterocycles. The van der Waals surface area contributed by atoms with Crippen LogP contribution < -0.4 is 14.2 Å². The smallest absolute Gasteiger partial charge is 0.308 e. The number of rotatable bonds is 4. The van der Waals surface area contributed by atoms with Gasteiger partial charge in [0.25, 0.3) is 0 Å². The van der Waals surface area contributed by atoms with Gasteiger partial charge in [0.15, 0.2) is 5.78 Å². The molecule has 1 aliphatic rings. The Morgan fingerprint density at radius 3 is 2.76 bits per heavy atom. The van der Waals surface area contributed by atoms with Gasteiger partial charge in [-0.3, -0.25) is 9.59 Å². The van der Waals surface area contributed by atoms with E-state index in [-0.39, 0.29) is 37.1 Å². The van der Waals surface area contributed by atoms with Crippen LogP contribution in [0, 0.1) is 0 Å². The van der Waals surface area contributed by atoms with Gasteiger partial charge in [0, 0.05) is 38.0 Å². The van der Waals surface area contributed by atoms with E-state index in [9.17, 15) is 14.7 Å². The van der Waals surface area contributed by atoms with Gasteiger partial charge in [-0.05, 0) is 6.92 Å². The quantitative estimate of drug-likeness (QED) is 0.669. The first-order valence-corrected chi connectivity index (χ1v) is 6.70. The fourth-order valence-corrected chi connectivity index (χ4v) is 2.41.